The van der Waals surface area contributed by atoms with Crippen LogP contribution in [0.1, 0.15) is 37.8 Å². The van der Waals surface area contributed by atoms with E-state index in [1.54, 1.807) is 18.5 Å². The number of carbonyl (C=O) groups excluding carboxylic acids is 2. The quantitative estimate of drug-likeness (QED) is 0.606. The first-order valence-corrected chi connectivity index (χ1v) is 9.66. The van der Waals surface area contributed by atoms with Gasteiger partial charge in [0.15, 0.2) is 0 Å². The first kappa shape index (κ1) is 18.4. The van der Waals surface area contributed by atoms with E-state index in [0.29, 0.717) is 5.16 Å². The van der Waals surface area contributed by atoms with Gasteiger partial charge < -0.3 is 0 Å². The third kappa shape index (κ3) is 4.21. The van der Waals surface area contributed by atoms with Gasteiger partial charge in [0.1, 0.15) is 0 Å². The van der Waals surface area contributed by atoms with Crippen LogP contribution in [0.15, 0.2) is 23.4 Å². The molecule has 0 bridgehead atoms. The highest BCUT2D eigenvalue weighted by Crippen LogP contribution is 2.28. The summed E-state index contributed by atoms with van der Waals surface area (Å²) in [6, 6.07) is 6.18. The third-order valence-corrected chi connectivity index (χ3v) is 5.14. The summed E-state index contributed by atoms with van der Waals surface area (Å²) in [5, 5.41) is 12.5. The molecular formula is C17H22N6O2S. The van der Waals surface area contributed by atoms with Crippen LogP contribution in [0.4, 0.5) is 0 Å². The third-order valence-electron chi connectivity index (χ3n) is 4.22. The zero-order chi connectivity index (χ0) is 18.5. The maximum atomic E-state index is 11.9. The molecule has 26 heavy (non-hydrogen) atoms. The minimum absolute atomic E-state index is 0.105. The Hall–Kier alpha value is -2.42. The Kier molecular flexibility index (Phi) is 5.87. The predicted octanol–water partition coefficient (Wildman–Crippen LogP) is 1.44. The molecular weight excluding hydrogens is 352 g/mol. The van der Waals surface area contributed by atoms with Crippen LogP contribution in [0.3, 0.4) is 0 Å². The van der Waals surface area contributed by atoms with Crippen molar-refractivity contribution in [1.82, 2.24) is 31.1 Å². The van der Waals surface area contributed by atoms with E-state index in [1.165, 1.54) is 29.3 Å². The van der Waals surface area contributed by atoms with Gasteiger partial charge in [0, 0.05) is 5.92 Å². The van der Waals surface area contributed by atoms with E-state index < -0.39 is 0 Å². The number of hydrogen-bond acceptors (Lipinski definition) is 6. The summed E-state index contributed by atoms with van der Waals surface area (Å²) in [4.78, 5) is 23.4. The number of aromatic nitrogens is 4. The van der Waals surface area contributed by atoms with Crippen LogP contribution in [0.25, 0.3) is 5.69 Å². The lowest BCUT2D eigenvalue weighted by atomic mass is 9.90. The number of amides is 2. The van der Waals surface area contributed by atoms with Crippen molar-refractivity contribution in [3.63, 3.8) is 0 Å². The predicted molar refractivity (Wildman–Crippen MR) is 97.6 cm³/mol. The van der Waals surface area contributed by atoms with Gasteiger partial charge in [-0.1, -0.05) is 37.7 Å². The largest absolute Gasteiger partial charge is 0.273 e. The Bertz CT molecular complexity index is 804. The molecule has 0 radical (unpaired) electrons. The number of rotatable bonds is 5. The van der Waals surface area contributed by atoms with Crippen molar-refractivity contribution >= 4 is 23.6 Å². The summed E-state index contributed by atoms with van der Waals surface area (Å²) in [5.41, 5.74) is 8.38. The van der Waals surface area contributed by atoms with Gasteiger partial charge in [-0.15, -0.1) is 5.10 Å². The first-order chi connectivity index (χ1) is 12.6. The Morgan fingerprint density at radius 2 is 2.04 bits per heavy atom. The average molecular weight is 374 g/mol. The van der Waals surface area contributed by atoms with E-state index in [1.807, 2.05) is 12.1 Å². The van der Waals surface area contributed by atoms with Crippen molar-refractivity contribution in [2.75, 3.05) is 5.75 Å². The fourth-order valence-corrected chi connectivity index (χ4v) is 3.51. The number of carbonyl (C=O) groups is 2. The highest BCUT2D eigenvalue weighted by molar-refractivity contribution is 7.99. The molecule has 138 valence electrons. The molecule has 3 rings (SSSR count). The zero-order valence-corrected chi connectivity index (χ0v) is 15.7. The monoisotopic (exact) mass is 374 g/mol. The van der Waals surface area contributed by atoms with Crippen LogP contribution in [-0.2, 0) is 22.4 Å². The standard InChI is InChI=1S/C17H22N6O2S/c1-11(2)16(25)19-18-15(24)10-26-17-20-21-22-23(17)14-9-5-7-12-6-3-4-8-13(12)14/h5,7,9,11H,3-4,6,8,10H2,1-2H3,(H,18,24)(H,19,25). The summed E-state index contributed by atoms with van der Waals surface area (Å²) in [7, 11) is 0. The molecule has 0 saturated carbocycles. The molecule has 1 aliphatic carbocycles. The Morgan fingerprint density at radius 1 is 1.23 bits per heavy atom. The minimum Gasteiger partial charge on any atom is -0.273 e. The van der Waals surface area contributed by atoms with Gasteiger partial charge in [0.05, 0.1) is 11.4 Å². The Morgan fingerprint density at radius 3 is 2.85 bits per heavy atom. The zero-order valence-electron chi connectivity index (χ0n) is 14.9. The smallest absolute Gasteiger partial charge is 0.248 e. The molecule has 0 aliphatic heterocycles. The maximum absolute atomic E-state index is 11.9. The van der Waals surface area contributed by atoms with Gasteiger partial charge in [0.2, 0.25) is 17.0 Å². The van der Waals surface area contributed by atoms with Crippen molar-refractivity contribution in [1.29, 1.82) is 0 Å². The molecule has 2 N–H and O–H groups in total. The summed E-state index contributed by atoms with van der Waals surface area (Å²) >= 11 is 1.23. The number of benzene rings is 1. The van der Waals surface area contributed by atoms with E-state index >= 15 is 0 Å². The normalized spacial score (nSPS) is 13.3. The molecule has 0 saturated heterocycles. The van der Waals surface area contributed by atoms with Gasteiger partial charge in [-0.2, -0.15) is 4.68 Å². The molecule has 0 atom stereocenters. The number of tetrazole rings is 1. The summed E-state index contributed by atoms with van der Waals surface area (Å²) < 4.78 is 1.69. The minimum atomic E-state index is -0.311. The second kappa shape index (κ2) is 8.31. The van der Waals surface area contributed by atoms with Gasteiger partial charge in [-0.05, 0) is 53.3 Å². The first-order valence-electron chi connectivity index (χ1n) is 8.67. The lowest BCUT2D eigenvalue weighted by Gasteiger charge is -2.19. The van der Waals surface area contributed by atoms with E-state index in [4.69, 9.17) is 0 Å². The second-order valence-electron chi connectivity index (χ2n) is 6.48. The lowest BCUT2D eigenvalue weighted by molar-refractivity contribution is -0.129. The molecule has 1 aromatic carbocycles. The van der Waals surface area contributed by atoms with Gasteiger partial charge in [-0.25, -0.2) is 0 Å². The number of fused-ring (bicyclic) bond motifs is 1. The highest BCUT2D eigenvalue weighted by Gasteiger charge is 2.18. The fraction of sp³-hybridized carbons (Fsp3) is 0.471. The molecule has 1 aromatic heterocycles. The summed E-state index contributed by atoms with van der Waals surface area (Å²) in [6.45, 7) is 3.51. The van der Waals surface area contributed by atoms with Crippen LogP contribution >= 0.6 is 11.8 Å². The lowest BCUT2D eigenvalue weighted by Crippen LogP contribution is -2.44. The molecule has 2 amide bonds. The van der Waals surface area contributed by atoms with Gasteiger partial charge in [0.25, 0.3) is 0 Å². The SMILES string of the molecule is CC(C)C(=O)NNC(=O)CSc1nnnn1-c1cccc2c1CCCC2. The number of aryl methyl sites for hydroxylation is 1. The number of thioether (sulfide) groups is 1. The van der Waals surface area contributed by atoms with Gasteiger partial charge in [-0.3, -0.25) is 20.4 Å². The van der Waals surface area contributed by atoms with Crippen LogP contribution in [0.2, 0.25) is 0 Å². The highest BCUT2D eigenvalue weighted by atomic mass is 32.2. The van der Waals surface area contributed by atoms with Crippen LogP contribution < -0.4 is 10.9 Å². The Balaban J connectivity index is 1.66. The molecule has 0 spiro atoms. The number of nitrogens with zero attached hydrogens (tertiary/aromatic N) is 4. The maximum Gasteiger partial charge on any atom is 0.248 e. The molecule has 1 heterocycles. The van der Waals surface area contributed by atoms with Crippen LogP contribution in [-0.4, -0.2) is 37.8 Å². The molecule has 2 aromatic rings. The van der Waals surface area contributed by atoms with Crippen molar-refractivity contribution in [3.8, 4) is 5.69 Å². The van der Waals surface area contributed by atoms with Crippen LogP contribution in [0, 0.1) is 5.92 Å². The van der Waals surface area contributed by atoms with E-state index in [-0.39, 0.29) is 23.5 Å². The topological polar surface area (TPSA) is 102 Å². The van der Waals surface area contributed by atoms with Crippen molar-refractivity contribution in [2.24, 2.45) is 5.92 Å². The van der Waals surface area contributed by atoms with E-state index in [9.17, 15) is 9.59 Å². The number of nitrogens with one attached hydrogen (secondary N) is 2. The number of hydrazine groups is 1. The van der Waals surface area contributed by atoms with Crippen molar-refractivity contribution in [3.05, 3.63) is 29.3 Å². The summed E-state index contributed by atoms with van der Waals surface area (Å²) in [5.74, 6) is -0.634. The fourth-order valence-electron chi connectivity index (χ4n) is 2.82. The Labute approximate surface area is 156 Å². The average Bonchev–Trinajstić information content (AvgIpc) is 3.12. The molecule has 8 nitrogen and oxygen atoms in total. The molecule has 1 aliphatic rings. The van der Waals surface area contributed by atoms with Crippen molar-refractivity contribution < 1.29 is 9.59 Å². The molecule has 9 heteroatoms. The number of hydrogen-bond donors (Lipinski definition) is 2. The molecule has 0 unspecified atom stereocenters. The van der Waals surface area contributed by atoms with E-state index in [2.05, 4.69) is 32.4 Å². The van der Waals surface area contributed by atoms with E-state index in [0.717, 1.165) is 24.9 Å². The summed E-state index contributed by atoms with van der Waals surface area (Å²) in [6.07, 6.45) is 4.45. The second-order valence-corrected chi connectivity index (χ2v) is 7.42. The van der Waals surface area contributed by atoms with Gasteiger partial charge >= 0.3 is 0 Å². The van der Waals surface area contributed by atoms with Crippen molar-refractivity contribution in [2.45, 2.75) is 44.7 Å². The van der Waals surface area contributed by atoms with Crippen LogP contribution in [0.5, 0.6) is 0 Å². The molecule has 0 fully saturated rings.